The summed E-state index contributed by atoms with van der Waals surface area (Å²) >= 11 is 0. The second-order valence-electron chi connectivity index (χ2n) is 9.49. The van der Waals surface area contributed by atoms with Crippen LogP contribution in [0.25, 0.3) is 28.0 Å². The summed E-state index contributed by atoms with van der Waals surface area (Å²) in [5.74, 6) is -0.0585. The minimum atomic E-state index is -0.505. The molecule has 1 saturated carbocycles. The molecule has 4 heterocycles. The van der Waals surface area contributed by atoms with E-state index >= 15 is 0 Å². The van der Waals surface area contributed by atoms with Crippen LogP contribution in [0.3, 0.4) is 0 Å². The molecule has 10 nitrogen and oxygen atoms in total. The summed E-state index contributed by atoms with van der Waals surface area (Å²) in [4.78, 5) is 29.1. The number of nitrogens with two attached hydrogens (primary N) is 1. The molecule has 1 atom stereocenters. The Hall–Kier alpha value is -4.21. The lowest BCUT2D eigenvalue weighted by molar-refractivity contribution is -0.120. The van der Waals surface area contributed by atoms with Crippen molar-refractivity contribution in [3.05, 3.63) is 54.5 Å². The summed E-state index contributed by atoms with van der Waals surface area (Å²) in [5, 5.41) is 14.7. The number of carbonyl (C=O) groups excluding carboxylic acids is 2. The fraction of sp³-hybridized carbons (Fsp3) is 0.346. The predicted molar refractivity (Wildman–Crippen MR) is 135 cm³/mol. The number of anilines is 1. The van der Waals surface area contributed by atoms with Crippen molar-refractivity contribution in [3.63, 3.8) is 0 Å². The molecule has 4 aromatic rings. The number of hydrogen-bond donors (Lipinski definition) is 3. The quantitative estimate of drug-likeness (QED) is 0.399. The molecular weight excluding hydrogens is 456 g/mol. The van der Waals surface area contributed by atoms with Gasteiger partial charge in [-0.2, -0.15) is 10.2 Å². The molecular formula is C26H28N8O2. The number of benzene rings is 1. The van der Waals surface area contributed by atoms with Crippen LogP contribution in [0.4, 0.5) is 5.82 Å². The Morgan fingerprint density at radius 3 is 2.72 bits per heavy atom. The summed E-state index contributed by atoms with van der Waals surface area (Å²) in [6.45, 7) is 0.571. The molecule has 1 aliphatic heterocycles. The van der Waals surface area contributed by atoms with E-state index in [9.17, 15) is 9.59 Å². The molecule has 1 saturated heterocycles. The molecule has 0 radical (unpaired) electrons. The van der Waals surface area contributed by atoms with Crippen LogP contribution in [0.2, 0.25) is 0 Å². The highest BCUT2D eigenvalue weighted by atomic mass is 16.2. The third-order valence-corrected chi connectivity index (χ3v) is 7.22. The van der Waals surface area contributed by atoms with E-state index in [2.05, 4.69) is 30.5 Å². The van der Waals surface area contributed by atoms with Crippen LogP contribution in [-0.4, -0.2) is 48.8 Å². The molecule has 184 valence electrons. The van der Waals surface area contributed by atoms with Crippen molar-refractivity contribution < 1.29 is 9.59 Å². The van der Waals surface area contributed by atoms with Gasteiger partial charge in [0.2, 0.25) is 5.91 Å². The van der Waals surface area contributed by atoms with Crippen molar-refractivity contribution in [2.24, 2.45) is 0 Å². The van der Waals surface area contributed by atoms with Crippen molar-refractivity contribution in [2.45, 2.75) is 50.6 Å². The van der Waals surface area contributed by atoms with E-state index < -0.39 is 6.04 Å². The van der Waals surface area contributed by atoms with Crippen LogP contribution in [0.15, 0.2) is 48.9 Å². The number of nitrogens with zero attached hydrogens (tertiary/aromatic N) is 5. The summed E-state index contributed by atoms with van der Waals surface area (Å²) in [6.07, 6.45) is 9.73. The maximum atomic E-state index is 12.9. The van der Waals surface area contributed by atoms with Crippen molar-refractivity contribution in [2.75, 3.05) is 12.3 Å². The van der Waals surface area contributed by atoms with Gasteiger partial charge in [-0.15, -0.1) is 0 Å². The number of rotatable bonds is 5. The number of aromatic nitrogens is 5. The normalized spacial score (nSPS) is 18.4. The Balaban J connectivity index is 1.41. The van der Waals surface area contributed by atoms with Crippen LogP contribution in [0, 0.1) is 0 Å². The zero-order valence-electron chi connectivity index (χ0n) is 19.9. The predicted octanol–water partition coefficient (Wildman–Crippen LogP) is 2.97. The fourth-order valence-electron chi connectivity index (χ4n) is 5.41. The second-order valence-corrected chi connectivity index (χ2v) is 9.49. The molecule has 10 heteroatoms. The Morgan fingerprint density at radius 1 is 1.06 bits per heavy atom. The molecule has 2 aliphatic rings. The highest BCUT2D eigenvalue weighted by Crippen LogP contribution is 2.37. The van der Waals surface area contributed by atoms with E-state index in [-0.39, 0.29) is 11.8 Å². The van der Waals surface area contributed by atoms with Gasteiger partial charge >= 0.3 is 0 Å². The van der Waals surface area contributed by atoms with Crippen molar-refractivity contribution in [3.8, 4) is 22.5 Å². The number of nitrogen functional groups attached to an aromatic ring is 1. The molecule has 2 fully saturated rings. The molecule has 0 spiro atoms. The zero-order valence-corrected chi connectivity index (χ0v) is 19.9. The van der Waals surface area contributed by atoms with Crippen LogP contribution in [0.5, 0.6) is 0 Å². The summed E-state index contributed by atoms with van der Waals surface area (Å²) < 4.78 is 3.89. The first kappa shape index (κ1) is 22.3. The van der Waals surface area contributed by atoms with Gasteiger partial charge < -0.3 is 16.4 Å². The van der Waals surface area contributed by atoms with Crippen LogP contribution in [-0.2, 0) is 4.79 Å². The van der Waals surface area contributed by atoms with Crippen molar-refractivity contribution in [1.29, 1.82) is 0 Å². The van der Waals surface area contributed by atoms with Crippen LogP contribution in [0.1, 0.15) is 54.9 Å². The minimum Gasteiger partial charge on any atom is -0.382 e. The molecule has 2 amide bonds. The maximum Gasteiger partial charge on any atom is 0.251 e. The maximum absolute atomic E-state index is 12.9. The zero-order chi connectivity index (χ0) is 24.6. The van der Waals surface area contributed by atoms with Gasteiger partial charge in [-0.3, -0.25) is 14.3 Å². The first-order valence-electron chi connectivity index (χ1n) is 12.5. The smallest absolute Gasteiger partial charge is 0.251 e. The van der Waals surface area contributed by atoms with E-state index in [1.165, 1.54) is 25.6 Å². The number of hydrogen-bond acceptors (Lipinski definition) is 6. The standard InChI is InChI=1S/C26H28N8O2/c27-24-23-19(21-10-12-30-33(21)18-7-2-1-3-8-18)14-22(34(23)31-15-29-24)16-5-4-6-17(13-16)25(35)32-20-9-11-28-26(20)36/h4-6,10,12-15,18,20H,1-3,7-9,11H2,(H,28,36)(H,32,35)(H2,27,29,31). The molecule has 1 unspecified atom stereocenters. The number of fused-ring (bicyclic) bond motifs is 1. The highest BCUT2D eigenvalue weighted by Gasteiger charge is 2.27. The average molecular weight is 485 g/mol. The third kappa shape index (κ3) is 3.88. The molecule has 1 aromatic carbocycles. The van der Waals surface area contributed by atoms with E-state index in [1.54, 1.807) is 10.6 Å². The van der Waals surface area contributed by atoms with Crippen LogP contribution < -0.4 is 16.4 Å². The Kier molecular flexibility index (Phi) is 5.63. The fourth-order valence-corrected chi connectivity index (χ4v) is 5.41. The first-order chi connectivity index (χ1) is 17.6. The Bertz CT molecular complexity index is 1450. The van der Waals surface area contributed by atoms with Gasteiger partial charge in [-0.1, -0.05) is 31.4 Å². The third-order valence-electron chi connectivity index (χ3n) is 7.22. The monoisotopic (exact) mass is 484 g/mol. The van der Waals surface area contributed by atoms with Gasteiger partial charge in [0, 0.05) is 29.4 Å². The largest absolute Gasteiger partial charge is 0.382 e. The van der Waals surface area contributed by atoms with E-state index in [0.717, 1.165) is 35.4 Å². The van der Waals surface area contributed by atoms with E-state index in [1.807, 2.05) is 36.5 Å². The number of carbonyl (C=O) groups is 2. The second kappa shape index (κ2) is 9.10. The van der Waals surface area contributed by atoms with E-state index in [4.69, 9.17) is 5.73 Å². The molecule has 6 rings (SSSR count). The highest BCUT2D eigenvalue weighted by molar-refractivity contribution is 5.99. The SMILES string of the molecule is Nc1ncnn2c(-c3cccc(C(=O)NC4CCNC4=O)c3)cc(-c3ccnn3C3CCCCC3)c12. The molecule has 1 aliphatic carbocycles. The van der Waals surface area contributed by atoms with Gasteiger partial charge in [-0.25, -0.2) is 9.50 Å². The minimum absolute atomic E-state index is 0.150. The van der Waals surface area contributed by atoms with Gasteiger partial charge in [0.05, 0.1) is 17.4 Å². The van der Waals surface area contributed by atoms with Crippen LogP contribution >= 0.6 is 0 Å². The molecule has 4 N–H and O–H groups in total. The summed E-state index contributed by atoms with van der Waals surface area (Å²) in [6, 6.07) is 11.2. The number of amides is 2. The summed E-state index contributed by atoms with van der Waals surface area (Å²) in [7, 11) is 0. The first-order valence-corrected chi connectivity index (χ1v) is 12.5. The molecule has 0 bridgehead atoms. The van der Waals surface area contributed by atoms with Gasteiger partial charge in [0.1, 0.15) is 17.9 Å². The number of nitrogens with one attached hydrogen (secondary N) is 2. The lowest BCUT2D eigenvalue weighted by atomic mass is 9.95. The van der Waals surface area contributed by atoms with Gasteiger partial charge in [-0.05, 0) is 43.5 Å². The lowest BCUT2D eigenvalue weighted by Crippen LogP contribution is -2.40. The summed E-state index contributed by atoms with van der Waals surface area (Å²) in [5.41, 5.74) is 11.0. The topological polar surface area (TPSA) is 132 Å². The average Bonchev–Trinajstić information content (AvgIpc) is 3.64. The lowest BCUT2D eigenvalue weighted by Gasteiger charge is -2.23. The molecule has 3 aromatic heterocycles. The Labute approximate surface area is 207 Å². The molecule has 36 heavy (non-hydrogen) atoms. The van der Waals surface area contributed by atoms with Gasteiger partial charge in [0.25, 0.3) is 5.91 Å². The van der Waals surface area contributed by atoms with Crippen molar-refractivity contribution >= 4 is 23.1 Å². The van der Waals surface area contributed by atoms with E-state index in [0.29, 0.717) is 35.9 Å². The Morgan fingerprint density at radius 2 is 1.92 bits per heavy atom. The van der Waals surface area contributed by atoms with Crippen molar-refractivity contribution in [1.82, 2.24) is 35.0 Å². The van der Waals surface area contributed by atoms with Gasteiger partial charge in [0.15, 0.2) is 5.82 Å².